The molecule has 0 bridgehead atoms. The third-order valence-corrected chi connectivity index (χ3v) is 5.37. The number of piperazine rings is 1. The van der Waals surface area contributed by atoms with Crippen molar-refractivity contribution < 1.29 is 4.79 Å². The van der Waals surface area contributed by atoms with Crippen LogP contribution in [0.15, 0.2) is 36.5 Å². The number of hydrogen-bond acceptors (Lipinski definition) is 4. The molecule has 2 heterocycles. The first-order valence-corrected chi connectivity index (χ1v) is 10.2. The molecule has 1 saturated heterocycles. The van der Waals surface area contributed by atoms with E-state index in [2.05, 4.69) is 67.2 Å². The number of rotatable bonds is 4. The summed E-state index contributed by atoms with van der Waals surface area (Å²) in [5.74, 6) is 1.52. The lowest BCUT2D eigenvalue weighted by atomic mass is 9.93. The van der Waals surface area contributed by atoms with Crippen molar-refractivity contribution in [1.29, 1.82) is 5.26 Å². The van der Waals surface area contributed by atoms with E-state index in [1.807, 2.05) is 11.0 Å². The minimum absolute atomic E-state index is 0.0487. The van der Waals surface area contributed by atoms with E-state index in [0.717, 1.165) is 24.6 Å². The molecule has 2 aromatic rings. The first kappa shape index (κ1) is 20.7. The van der Waals surface area contributed by atoms with Gasteiger partial charge in [0.15, 0.2) is 0 Å². The SMILES string of the molecule is CC(C)c1cccc(C(C)C)c1NC(=O)N1CCN(c2ccc(C#N)cn2)CC1. The molecule has 0 unspecified atom stereocenters. The van der Waals surface area contributed by atoms with Gasteiger partial charge >= 0.3 is 6.03 Å². The number of carbonyl (C=O) groups is 1. The number of carbonyl (C=O) groups excluding carboxylic acids is 1. The maximum atomic E-state index is 13.0. The summed E-state index contributed by atoms with van der Waals surface area (Å²) in [5.41, 5.74) is 3.85. The van der Waals surface area contributed by atoms with Crippen molar-refractivity contribution in [2.24, 2.45) is 0 Å². The average molecular weight is 392 g/mol. The molecule has 1 aliphatic rings. The van der Waals surface area contributed by atoms with E-state index in [0.29, 0.717) is 30.5 Å². The highest BCUT2D eigenvalue weighted by molar-refractivity contribution is 5.91. The van der Waals surface area contributed by atoms with Gasteiger partial charge in [-0.15, -0.1) is 0 Å². The second-order valence-corrected chi connectivity index (χ2v) is 8.04. The molecule has 29 heavy (non-hydrogen) atoms. The lowest BCUT2D eigenvalue weighted by Crippen LogP contribution is -2.50. The van der Waals surface area contributed by atoms with Crippen molar-refractivity contribution in [3.05, 3.63) is 53.2 Å². The Morgan fingerprint density at radius 3 is 2.14 bits per heavy atom. The zero-order valence-corrected chi connectivity index (χ0v) is 17.6. The molecule has 152 valence electrons. The summed E-state index contributed by atoms with van der Waals surface area (Å²) in [7, 11) is 0. The van der Waals surface area contributed by atoms with Crippen LogP contribution >= 0.6 is 0 Å². The number of aromatic nitrogens is 1. The minimum atomic E-state index is -0.0487. The van der Waals surface area contributed by atoms with Crippen molar-refractivity contribution in [3.8, 4) is 6.07 Å². The predicted octanol–water partition coefficient (Wildman–Crippen LogP) is 4.55. The van der Waals surface area contributed by atoms with Crippen LogP contribution in [0.25, 0.3) is 0 Å². The third-order valence-electron chi connectivity index (χ3n) is 5.37. The quantitative estimate of drug-likeness (QED) is 0.830. The molecule has 1 N–H and O–H groups in total. The number of nitriles is 1. The maximum Gasteiger partial charge on any atom is 0.321 e. The van der Waals surface area contributed by atoms with Gasteiger partial charge in [0, 0.05) is 38.1 Å². The number of nitrogens with zero attached hydrogens (tertiary/aromatic N) is 4. The summed E-state index contributed by atoms with van der Waals surface area (Å²) in [6, 6.07) is 11.9. The van der Waals surface area contributed by atoms with Crippen molar-refractivity contribution in [3.63, 3.8) is 0 Å². The molecular weight excluding hydrogens is 362 g/mol. The normalized spacial score (nSPS) is 14.2. The molecular formula is C23H29N5O. The summed E-state index contributed by atoms with van der Waals surface area (Å²) >= 11 is 0. The van der Waals surface area contributed by atoms with Crippen LogP contribution in [-0.2, 0) is 0 Å². The molecule has 0 saturated carbocycles. The van der Waals surface area contributed by atoms with Crippen molar-refractivity contribution in [2.45, 2.75) is 39.5 Å². The van der Waals surface area contributed by atoms with Gasteiger partial charge in [-0.1, -0.05) is 45.9 Å². The fourth-order valence-electron chi connectivity index (χ4n) is 3.66. The molecule has 0 spiro atoms. The van der Waals surface area contributed by atoms with E-state index >= 15 is 0 Å². The molecule has 0 radical (unpaired) electrons. The van der Waals surface area contributed by atoms with Gasteiger partial charge in [0.05, 0.1) is 5.56 Å². The molecule has 6 heteroatoms. The van der Waals surface area contributed by atoms with E-state index in [9.17, 15) is 4.79 Å². The van der Waals surface area contributed by atoms with Crippen LogP contribution in [0.3, 0.4) is 0 Å². The third kappa shape index (κ3) is 4.68. The highest BCUT2D eigenvalue weighted by Crippen LogP contribution is 2.32. The summed E-state index contributed by atoms with van der Waals surface area (Å²) in [6.45, 7) is 11.3. The van der Waals surface area contributed by atoms with E-state index in [4.69, 9.17) is 5.26 Å². The Hall–Kier alpha value is -3.07. The smallest absolute Gasteiger partial charge is 0.321 e. The number of anilines is 2. The van der Waals surface area contributed by atoms with Crippen LogP contribution in [0.5, 0.6) is 0 Å². The van der Waals surface area contributed by atoms with Gasteiger partial charge in [0.25, 0.3) is 0 Å². The van der Waals surface area contributed by atoms with Crippen LogP contribution < -0.4 is 10.2 Å². The topological polar surface area (TPSA) is 72.3 Å². The van der Waals surface area contributed by atoms with Crippen molar-refractivity contribution in [2.75, 3.05) is 36.4 Å². The number of pyridine rings is 1. The molecule has 1 aliphatic heterocycles. The highest BCUT2D eigenvalue weighted by Gasteiger charge is 2.24. The minimum Gasteiger partial charge on any atom is -0.353 e. The Balaban J connectivity index is 1.68. The van der Waals surface area contributed by atoms with Gasteiger partial charge < -0.3 is 15.1 Å². The lowest BCUT2D eigenvalue weighted by Gasteiger charge is -2.35. The van der Waals surface area contributed by atoms with Crippen LogP contribution in [0.1, 0.15) is 56.2 Å². The molecule has 2 amide bonds. The first-order valence-electron chi connectivity index (χ1n) is 10.2. The summed E-state index contributed by atoms with van der Waals surface area (Å²) in [4.78, 5) is 21.4. The largest absolute Gasteiger partial charge is 0.353 e. The maximum absolute atomic E-state index is 13.0. The highest BCUT2D eigenvalue weighted by atomic mass is 16.2. The first-order chi connectivity index (χ1) is 13.9. The Kier molecular flexibility index (Phi) is 6.38. The monoisotopic (exact) mass is 391 g/mol. The van der Waals surface area contributed by atoms with E-state index in [-0.39, 0.29) is 6.03 Å². The molecule has 1 aromatic heterocycles. The fourth-order valence-corrected chi connectivity index (χ4v) is 3.66. The predicted molar refractivity (Wildman–Crippen MR) is 116 cm³/mol. The molecule has 6 nitrogen and oxygen atoms in total. The zero-order valence-electron chi connectivity index (χ0n) is 17.6. The Morgan fingerprint density at radius 2 is 1.66 bits per heavy atom. The standard InChI is InChI=1S/C23H29N5O/c1-16(2)19-6-5-7-20(17(3)4)22(19)26-23(29)28-12-10-27(11-13-28)21-9-8-18(14-24)15-25-21/h5-9,15-17H,10-13H2,1-4H3,(H,26,29). The second kappa shape index (κ2) is 8.95. The second-order valence-electron chi connectivity index (χ2n) is 8.04. The summed E-state index contributed by atoms with van der Waals surface area (Å²) in [5, 5.41) is 12.1. The van der Waals surface area contributed by atoms with Crippen molar-refractivity contribution >= 4 is 17.5 Å². The Morgan fingerprint density at radius 1 is 1.03 bits per heavy atom. The Bertz CT molecular complexity index is 864. The number of hydrogen-bond donors (Lipinski definition) is 1. The summed E-state index contributed by atoms with van der Waals surface area (Å²) in [6.07, 6.45) is 1.59. The molecule has 3 rings (SSSR count). The zero-order chi connectivity index (χ0) is 21.0. The van der Waals surface area contributed by atoms with Crippen LogP contribution in [0, 0.1) is 11.3 Å². The fraction of sp³-hybridized carbons (Fsp3) is 0.435. The van der Waals surface area contributed by atoms with Gasteiger partial charge in [-0.05, 0) is 35.1 Å². The van der Waals surface area contributed by atoms with E-state index in [1.165, 1.54) is 11.1 Å². The van der Waals surface area contributed by atoms with E-state index in [1.54, 1.807) is 12.3 Å². The molecule has 0 aliphatic carbocycles. The molecule has 1 fully saturated rings. The lowest BCUT2D eigenvalue weighted by molar-refractivity contribution is 0.208. The van der Waals surface area contributed by atoms with Gasteiger partial charge in [-0.25, -0.2) is 9.78 Å². The Labute approximate surface area is 173 Å². The van der Waals surface area contributed by atoms with Gasteiger partial charge in [0.1, 0.15) is 11.9 Å². The number of nitrogens with one attached hydrogen (secondary N) is 1. The number of urea groups is 1. The van der Waals surface area contributed by atoms with Gasteiger partial charge in [-0.3, -0.25) is 0 Å². The van der Waals surface area contributed by atoms with Crippen LogP contribution in [0.2, 0.25) is 0 Å². The number of para-hydroxylation sites is 1. The number of amides is 2. The number of benzene rings is 1. The van der Waals surface area contributed by atoms with Crippen molar-refractivity contribution in [1.82, 2.24) is 9.88 Å². The van der Waals surface area contributed by atoms with E-state index < -0.39 is 0 Å². The van der Waals surface area contributed by atoms with Gasteiger partial charge in [-0.2, -0.15) is 5.26 Å². The van der Waals surface area contributed by atoms with Crippen LogP contribution in [0.4, 0.5) is 16.3 Å². The molecule has 1 aromatic carbocycles. The average Bonchev–Trinajstić information content (AvgIpc) is 2.73. The summed E-state index contributed by atoms with van der Waals surface area (Å²) < 4.78 is 0. The molecule has 0 atom stereocenters. The van der Waals surface area contributed by atoms with Crippen LogP contribution in [-0.4, -0.2) is 42.1 Å². The van der Waals surface area contributed by atoms with Gasteiger partial charge in [0.2, 0.25) is 0 Å².